The van der Waals surface area contributed by atoms with Gasteiger partial charge in [0.15, 0.2) is 0 Å². The van der Waals surface area contributed by atoms with Gasteiger partial charge in [0, 0.05) is 25.7 Å². The lowest BCUT2D eigenvalue weighted by atomic mass is 10.4. The number of ether oxygens (including phenoxy) is 1. The van der Waals surface area contributed by atoms with Gasteiger partial charge in [0.1, 0.15) is 0 Å². The molecule has 1 aliphatic heterocycles. The highest BCUT2D eigenvalue weighted by Gasteiger charge is 2.27. The summed E-state index contributed by atoms with van der Waals surface area (Å²) in [6.45, 7) is 3.10. The van der Waals surface area contributed by atoms with E-state index in [4.69, 9.17) is 10.5 Å². The molecule has 0 unspecified atom stereocenters. The van der Waals surface area contributed by atoms with Gasteiger partial charge in [-0.25, -0.2) is 21.6 Å². The van der Waals surface area contributed by atoms with Crippen LogP contribution in [-0.2, 0) is 24.8 Å². The molecule has 1 heterocycles. The number of halogens is 1. The lowest BCUT2D eigenvalue weighted by Gasteiger charge is -2.26. The van der Waals surface area contributed by atoms with Gasteiger partial charge in [-0.15, -0.1) is 12.4 Å². The van der Waals surface area contributed by atoms with Crippen molar-refractivity contribution >= 4 is 32.5 Å². The van der Waals surface area contributed by atoms with E-state index in [-0.39, 0.29) is 41.8 Å². The Morgan fingerprint density at radius 3 is 2.12 bits per heavy atom. The molecule has 1 saturated heterocycles. The molecule has 8 nitrogen and oxygen atoms in total. The van der Waals surface area contributed by atoms with Crippen LogP contribution in [0.4, 0.5) is 0 Å². The normalized spacial score (nSPS) is 17.9. The minimum atomic E-state index is -3.72. The second-order valence-corrected chi connectivity index (χ2v) is 8.90. The summed E-state index contributed by atoms with van der Waals surface area (Å²) in [6.07, 6.45) is 0. The molecule has 0 aromatic heterocycles. The van der Waals surface area contributed by atoms with Crippen LogP contribution in [0.2, 0.25) is 0 Å². The SMILES string of the molecule is C[C@@H](CN)NS(=O)(=O)c1ccc(S(=O)(=O)N2CCOCC2)cc1.Cl. The molecule has 24 heavy (non-hydrogen) atoms. The Bertz CT molecular complexity index is 731. The van der Waals surface area contributed by atoms with E-state index in [2.05, 4.69) is 4.72 Å². The predicted octanol–water partition coefficient (Wildman–Crippen LogP) is -0.245. The minimum Gasteiger partial charge on any atom is -0.379 e. The van der Waals surface area contributed by atoms with Crippen molar-refractivity contribution in [2.24, 2.45) is 5.73 Å². The molecular weight excluding hydrogens is 378 g/mol. The zero-order valence-corrected chi connectivity index (χ0v) is 15.7. The number of hydrogen-bond donors (Lipinski definition) is 2. The number of rotatable bonds is 6. The third-order valence-corrected chi connectivity index (χ3v) is 6.97. The number of benzene rings is 1. The van der Waals surface area contributed by atoms with Crippen molar-refractivity contribution in [2.75, 3.05) is 32.8 Å². The van der Waals surface area contributed by atoms with Crippen molar-refractivity contribution in [3.63, 3.8) is 0 Å². The summed E-state index contributed by atoms with van der Waals surface area (Å²) in [4.78, 5) is 0.0592. The van der Waals surface area contributed by atoms with Crippen molar-refractivity contribution < 1.29 is 21.6 Å². The molecule has 0 spiro atoms. The lowest BCUT2D eigenvalue weighted by molar-refractivity contribution is 0.0730. The highest BCUT2D eigenvalue weighted by Crippen LogP contribution is 2.19. The van der Waals surface area contributed by atoms with Gasteiger partial charge in [0.2, 0.25) is 20.0 Å². The molecule has 1 atom stereocenters. The summed E-state index contributed by atoms with van der Waals surface area (Å²) in [5.74, 6) is 0. The summed E-state index contributed by atoms with van der Waals surface area (Å²) in [5.41, 5.74) is 5.40. The number of morpholine rings is 1. The zero-order valence-electron chi connectivity index (χ0n) is 13.2. The van der Waals surface area contributed by atoms with Gasteiger partial charge in [0.25, 0.3) is 0 Å². The first-order valence-electron chi connectivity index (χ1n) is 7.18. The van der Waals surface area contributed by atoms with Gasteiger partial charge < -0.3 is 10.5 Å². The zero-order chi connectivity index (χ0) is 17.1. The van der Waals surface area contributed by atoms with Gasteiger partial charge in [0.05, 0.1) is 23.0 Å². The van der Waals surface area contributed by atoms with E-state index in [0.717, 1.165) is 0 Å². The molecule has 1 fully saturated rings. The van der Waals surface area contributed by atoms with E-state index in [9.17, 15) is 16.8 Å². The third kappa shape index (κ3) is 4.88. The van der Waals surface area contributed by atoms with Crippen LogP contribution in [0.5, 0.6) is 0 Å². The molecule has 0 aliphatic carbocycles. The average Bonchev–Trinajstić information content (AvgIpc) is 2.55. The Labute approximate surface area is 148 Å². The molecule has 2 rings (SSSR count). The number of hydrogen-bond acceptors (Lipinski definition) is 6. The van der Waals surface area contributed by atoms with Gasteiger partial charge >= 0.3 is 0 Å². The van der Waals surface area contributed by atoms with Gasteiger partial charge in [-0.05, 0) is 31.2 Å². The molecule has 0 radical (unpaired) electrons. The quantitative estimate of drug-likeness (QED) is 0.681. The summed E-state index contributed by atoms with van der Waals surface area (Å²) < 4.78 is 58.0. The summed E-state index contributed by atoms with van der Waals surface area (Å²) >= 11 is 0. The van der Waals surface area contributed by atoms with Crippen LogP contribution in [0, 0.1) is 0 Å². The fraction of sp³-hybridized carbons (Fsp3) is 0.538. The van der Waals surface area contributed by atoms with Crippen molar-refractivity contribution in [3.05, 3.63) is 24.3 Å². The van der Waals surface area contributed by atoms with Crippen molar-refractivity contribution in [1.82, 2.24) is 9.03 Å². The minimum absolute atomic E-state index is 0. The third-order valence-electron chi connectivity index (χ3n) is 3.45. The molecule has 1 aromatic carbocycles. The highest BCUT2D eigenvalue weighted by molar-refractivity contribution is 7.89. The van der Waals surface area contributed by atoms with E-state index in [1.54, 1.807) is 6.92 Å². The monoisotopic (exact) mass is 399 g/mol. The smallest absolute Gasteiger partial charge is 0.243 e. The Morgan fingerprint density at radius 2 is 1.62 bits per heavy atom. The Morgan fingerprint density at radius 1 is 1.12 bits per heavy atom. The number of sulfonamides is 2. The second-order valence-electron chi connectivity index (χ2n) is 5.25. The van der Waals surface area contributed by atoms with Crippen LogP contribution in [0.15, 0.2) is 34.1 Å². The first-order valence-corrected chi connectivity index (χ1v) is 10.1. The maximum absolute atomic E-state index is 12.5. The maximum atomic E-state index is 12.5. The molecule has 3 N–H and O–H groups in total. The topological polar surface area (TPSA) is 119 Å². The maximum Gasteiger partial charge on any atom is 0.243 e. The fourth-order valence-corrected chi connectivity index (χ4v) is 4.77. The van der Waals surface area contributed by atoms with E-state index in [1.807, 2.05) is 0 Å². The average molecular weight is 400 g/mol. The van der Waals surface area contributed by atoms with E-state index < -0.39 is 26.1 Å². The molecule has 11 heteroatoms. The Hall–Kier alpha value is -0.750. The fourth-order valence-electron chi connectivity index (χ4n) is 2.11. The molecule has 138 valence electrons. The summed E-state index contributed by atoms with van der Waals surface area (Å²) in [7, 11) is -7.35. The first kappa shape index (κ1) is 21.3. The van der Waals surface area contributed by atoms with Gasteiger partial charge in [-0.3, -0.25) is 0 Å². The standard InChI is InChI=1S/C13H21N3O5S2.ClH/c1-11(10-14)15-22(17,18)12-2-4-13(5-3-12)23(19,20)16-6-8-21-9-7-16;/h2-5,11,15H,6-10,14H2,1H3;1H/t11-;/m0./s1. The molecular formula is C13H22ClN3O5S2. The van der Waals surface area contributed by atoms with Crippen LogP contribution in [0.3, 0.4) is 0 Å². The van der Waals surface area contributed by atoms with Crippen LogP contribution in [0.1, 0.15) is 6.92 Å². The summed E-state index contributed by atoms with van der Waals surface area (Å²) in [6, 6.07) is 4.74. The predicted molar refractivity (Wildman–Crippen MR) is 92.1 cm³/mol. The summed E-state index contributed by atoms with van der Waals surface area (Å²) in [5, 5.41) is 0. The molecule has 0 bridgehead atoms. The Kier molecular flexibility index (Phi) is 7.60. The van der Waals surface area contributed by atoms with Crippen LogP contribution < -0.4 is 10.5 Å². The second kappa shape index (κ2) is 8.56. The van der Waals surface area contributed by atoms with E-state index in [0.29, 0.717) is 13.2 Å². The van der Waals surface area contributed by atoms with Crippen LogP contribution in [0.25, 0.3) is 0 Å². The molecule has 0 amide bonds. The first-order chi connectivity index (χ1) is 10.8. The van der Waals surface area contributed by atoms with E-state index >= 15 is 0 Å². The van der Waals surface area contributed by atoms with E-state index in [1.165, 1.54) is 28.6 Å². The van der Waals surface area contributed by atoms with Gasteiger partial charge in [-0.2, -0.15) is 4.31 Å². The number of nitrogens with one attached hydrogen (secondary N) is 1. The van der Waals surface area contributed by atoms with Crippen molar-refractivity contribution in [3.8, 4) is 0 Å². The molecule has 1 aliphatic rings. The lowest BCUT2D eigenvalue weighted by Crippen LogP contribution is -2.40. The Balaban J connectivity index is 0.00000288. The van der Waals surface area contributed by atoms with Crippen molar-refractivity contribution in [2.45, 2.75) is 22.8 Å². The largest absolute Gasteiger partial charge is 0.379 e. The van der Waals surface area contributed by atoms with Crippen LogP contribution >= 0.6 is 12.4 Å². The number of nitrogens with zero attached hydrogens (tertiary/aromatic N) is 1. The van der Waals surface area contributed by atoms with Crippen LogP contribution in [-0.4, -0.2) is 60.0 Å². The highest BCUT2D eigenvalue weighted by atomic mass is 35.5. The molecule has 0 saturated carbocycles. The molecule has 1 aromatic rings. The van der Waals surface area contributed by atoms with Crippen molar-refractivity contribution in [1.29, 1.82) is 0 Å². The number of nitrogens with two attached hydrogens (primary N) is 1. The van der Waals surface area contributed by atoms with Gasteiger partial charge in [-0.1, -0.05) is 0 Å².